The molecule has 2 atom stereocenters. The van der Waals surface area contributed by atoms with Gasteiger partial charge in [-0.05, 0) is 44.5 Å². The van der Waals surface area contributed by atoms with Crippen LogP contribution < -0.4 is 10.6 Å². The van der Waals surface area contributed by atoms with Gasteiger partial charge < -0.3 is 25.8 Å². The van der Waals surface area contributed by atoms with E-state index in [4.69, 9.17) is 0 Å². The van der Waals surface area contributed by atoms with Crippen molar-refractivity contribution in [3.63, 3.8) is 0 Å². The average molecular weight is 426 g/mol. The number of carbonyl (C=O) groups excluding carboxylic acids is 2. The molecule has 0 unspecified atom stereocenters. The van der Waals surface area contributed by atoms with Crippen LogP contribution in [0.15, 0.2) is 36.6 Å². The van der Waals surface area contributed by atoms with E-state index in [-0.39, 0.29) is 23.9 Å². The summed E-state index contributed by atoms with van der Waals surface area (Å²) in [6.07, 6.45) is 2.84. The van der Waals surface area contributed by atoms with Gasteiger partial charge in [-0.25, -0.2) is 0 Å². The normalized spacial score (nSPS) is 20.0. The first-order valence-electron chi connectivity index (χ1n) is 10.4. The number of aromatic nitrogens is 1. The fourth-order valence-corrected chi connectivity index (χ4v) is 3.50. The van der Waals surface area contributed by atoms with Gasteiger partial charge in [-0.2, -0.15) is 0 Å². The monoisotopic (exact) mass is 425 g/mol. The van der Waals surface area contributed by atoms with Crippen LogP contribution in [-0.4, -0.2) is 44.8 Å². The molecule has 3 rings (SSSR count). The highest BCUT2D eigenvalue weighted by molar-refractivity contribution is 6.08. The summed E-state index contributed by atoms with van der Waals surface area (Å²) in [7, 11) is 0. The zero-order chi connectivity index (χ0) is 23.1. The highest BCUT2D eigenvalue weighted by Gasteiger charge is 2.29. The Labute approximate surface area is 182 Å². The van der Waals surface area contributed by atoms with Crippen molar-refractivity contribution in [1.82, 2.24) is 15.6 Å². The van der Waals surface area contributed by atoms with Crippen LogP contribution >= 0.6 is 0 Å². The van der Waals surface area contributed by atoms with Crippen molar-refractivity contribution < 1.29 is 19.8 Å². The highest BCUT2D eigenvalue weighted by atomic mass is 16.3. The Morgan fingerprint density at radius 1 is 1.23 bits per heavy atom. The molecule has 7 nitrogen and oxygen atoms in total. The maximum Gasteiger partial charge on any atom is 0.268 e. The summed E-state index contributed by atoms with van der Waals surface area (Å²) in [5.41, 5.74) is 1.83. The minimum Gasteiger partial charge on any atom is -0.390 e. The standard InChI is InChI=1S/C24H31N3O4/c1-7-23(3,4)20-16(12-18-22(30)25-13(2)21(29)27-18)15-10-14(8-9-17(15)26-20)11-19(28)24(5,6)31/h7-10,12-13,19,26,28,31H,1,11H2,2-6H3,(H,25,30)(H,27,29)/b18-12-/t13-,19-/m0/s1. The summed E-state index contributed by atoms with van der Waals surface area (Å²) in [5, 5.41) is 26.6. The van der Waals surface area contributed by atoms with Crippen molar-refractivity contribution in [2.45, 2.75) is 64.2 Å². The van der Waals surface area contributed by atoms with E-state index in [2.05, 4.69) is 22.2 Å². The number of aliphatic hydroxyl groups is 2. The fourth-order valence-electron chi connectivity index (χ4n) is 3.50. The Morgan fingerprint density at radius 2 is 1.90 bits per heavy atom. The molecule has 0 spiro atoms. The lowest BCUT2D eigenvalue weighted by Gasteiger charge is -2.24. The topological polar surface area (TPSA) is 114 Å². The molecule has 2 heterocycles. The predicted octanol–water partition coefficient (Wildman–Crippen LogP) is 2.28. The smallest absolute Gasteiger partial charge is 0.268 e. The molecule has 1 aliphatic rings. The van der Waals surface area contributed by atoms with E-state index in [1.165, 1.54) is 0 Å². The molecule has 1 saturated heterocycles. The van der Waals surface area contributed by atoms with Crippen LogP contribution in [0.4, 0.5) is 0 Å². The lowest BCUT2D eigenvalue weighted by molar-refractivity contribution is -0.130. The summed E-state index contributed by atoms with van der Waals surface area (Å²) < 4.78 is 0. The van der Waals surface area contributed by atoms with Gasteiger partial charge in [0.05, 0.1) is 11.7 Å². The molecule has 0 bridgehead atoms. The minimum absolute atomic E-state index is 0.173. The molecule has 0 aliphatic carbocycles. The number of amides is 2. The third-order valence-electron chi connectivity index (χ3n) is 5.83. The first kappa shape index (κ1) is 22.8. The van der Waals surface area contributed by atoms with E-state index < -0.39 is 23.2 Å². The molecule has 1 aliphatic heterocycles. The molecule has 7 heteroatoms. The number of piperazine rings is 1. The lowest BCUT2D eigenvalue weighted by Crippen LogP contribution is -2.53. The summed E-state index contributed by atoms with van der Waals surface area (Å²) in [6, 6.07) is 5.15. The van der Waals surface area contributed by atoms with Crippen molar-refractivity contribution in [1.29, 1.82) is 0 Å². The largest absolute Gasteiger partial charge is 0.390 e. The van der Waals surface area contributed by atoms with E-state index in [0.717, 1.165) is 27.7 Å². The quantitative estimate of drug-likeness (QED) is 0.361. The van der Waals surface area contributed by atoms with Gasteiger partial charge >= 0.3 is 0 Å². The van der Waals surface area contributed by atoms with Crippen LogP contribution in [0, 0.1) is 0 Å². The Bertz CT molecular complexity index is 1070. The second-order valence-electron chi connectivity index (χ2n) is 9.34. The van der Waals surface area contributed by atoms with E-state index in [1.807, 2.05) is 38.1 Å². The van der Waals surface area contributed by atoms with Crippen molar-refractivity contribution in [3.8, 4) is 0 Å². The molecule has 31 heavy (non-hydrogen) atoms. The number of aliphatic hydroxyl groups excluding tert-OH is 1. The van der Waals surface area contributed by atoms with Gasteiger partial charge in [0, 0.05) is 34.0 Å². The van der Waals surface area contributed by atoms with E-state index >= 15 is 0 Å². The average Bonchev–Trinajstić information content (AvgIpc) is 3.04. The number of hydrogen-bond acceptors (Lipinski definition) is 4. The van der Waals surface area contributed by atoms with Crippen LogP contribution in [0.25, 0.3) is 17.0 Å². The van der Waals surface area contributed by atoms with Gasteiger partial charge in [0.1, 0.15) is 11.7 Å². The molecule has 2 amide bonds. The van der Waals surface area contributed by atoms with Gasteiger partial charge in [0.25, 0.3) is 5.91 Å². The summed E-state index contributed by atoms with van der Waals surface area (Å²) in [4.78, 5) is 28.0. The van der Waals surface area contributed by atoms with Crippen molar-refractivity contribution in [2.24, 2.45) is 0 Å². The van der Waals surface area contributed by atoms with Crippen LogP contribution in [0.5, 0.6) is 0 Å². The van der Waals surface area contributed by atoms with Crippen LogP contribution in [0.2, 0.25) is 0 Å². The second-order valence-corrected chi connectivity index (χ2v) is 9.34. The number of benzene rings is 1. The number of aromatic amines is 1. The van der Waals surface area contributed by atoms with Gasteiger partial charge in [-0.15, -0.1) is 6.58 Å². The van der Waals surface area contributed by atoms with E-state index in [9.17, 15) is 19.8 Å². The van der Waals surface area contributed by atoms with Gasteiger partial charge in [-0.1, -0.05) is 26.0 Å². The van der Waals surface area contributed by atoms with E-state index in [1.54, 1.807) is 26.8 Å². The molecular weight excluding hydrogens is 394 g/mol. The number of fused-ring (bicyclic) bond motifs is 1. The van der Waals surface area contributed by atoms with Gasteiger partial charge in [-0.3, -0.25) is 9.59 Å². The fraction of sp³-hybridized carbons (Fsp3) is 0.417. The minimum atomic E-state index is -1.23. The SMILES string of the molecule is C=CC(C)(C)c1[nH]c2ccc(C[C@H](O)C(C)(C)O)cc2c1/C=C1\NC(=O)[C@H](C)NC1=O. The van der Waals surface area contributed by atoms with Gasteiger partial charge in [0.2, 0.25) is 5.91 Å². The summed E-state index contributed by atoms with van der Waals surface area (Å²) >= 11 is 0. The summed E-state index contributed by atoms with van der Waals surface area (Å²) in [5.74, 6) is -0.623. The number of nitrogens with one attached hydrogen (secondary N) is 3. The lowest BCUT2D eigenvalue weighted by atomic mass is 9.86. The van der Waals surface area contributed by atoms with Crippen molar-refractivity contribution in [2.75, 3.05) is 0 Å². The van der Waals surface area contributed by atoms with Crippen LogP contribution in [0.3, 0.4) is 0 Å². The Hall–Kier alpha value is -2.90. The molecule has 0 radical (unpaired) electrons. The van der Waals surface area contributed by atoms with E-state index in [0.29, 0.717) is 0 Å². The first-order chi connectivity index (χ1) is 14.3. The Morgan fingerprint density at radius 3 is 2.52 bits per heavy atom. The van der Waals surface area contributed by atoms with Crippen LogP contribution in [0.1, 0.15) is 51.4 Å². The molecule has 166 valence electrons. The molecule has 2 aromatic rings. The molecule has 1 aromatic heterocycles. The third kappa shape index (κ3) is 4.57. The zero-order valence-electron chi connectivity index (χ0n) is 18.7. The summed E-state index contributed by atoms with van der Waals surface area (Å²) in [6.45, 7) is 12.7. The number of carbonyl (C=O) groups is 2. The maximum atomic E-state index is 12.5. The highest BCUT2D eigenvalue weighted by Crippen LogP contribution is 2.35. The zero-order valence-corrected chi connectivity index (χ0v) is 18.7. The number of rotatable bonds is 6. The number of allylic oxidation sites excluding steroid dienone is 1. The van der Waals surface area contributed by atoms with Crippen molar-refractivity contribution in [3.05, 3.63) is 53.4 Å². The number of hydrogen-bond donors (Lipinski definition) is 5. The third-order valence-corrected chi connectivity index (χ3v) is 5.83. The number of H-pyrrole nitrogens is 1. The molecule has 0 saturated carbocycles. The molecule has 5 N–H and O–H groups in total. The molecule has 1 fully saturated rings. The maximum absolute atomic E-state index is 12.5. The van der Waals surface area contributed by atoms with Crippen molar-refractivity contribution >= 4 is 28.8 Å². The Balaban J connectivity index is 2.16. The molecular formula is C24H31N3O4. The van der Waals surface area contributed by atoms with Crippen LogP contribution in [-0.2, 0) is 21.4 Å². The second kappa shape index (κ2) is 7.98. The first-order valence-corrected chi connectivity index (χ1v) is 10.4. The predicted molar refractivity (Wildman–Crippen MR) is 121 cm³/mol. The Kier molecular flexibility index (Phi) is 5.86. The van der Waals surface area contributed by atoms with Gasteiger partial charge in [0.15, 0.2) is 0 Å². The molecule has 1 aromatic carbocycles.